The van der Waals surface area contributed by atoms with Crippen molar-refractivity contribution in [3.8, 4) is 0 Å². The first-order valence-electron chi connectivity index (χ1n) is 6.76. The van der Waals surface area contributed by atoms with Crippen molar-refractivity contribution in [1.82, 2.24) is 5.32 Å². The van der Waals surface area contributed by atoms with Gasteiger partial charge in [0.2, 0.25) is 0 Å². The topological polar surface area (TPSA) is 92.5 Å². The summed E-state index contributed by atoms with van der Waals surface area (Å²) >= 11 is 0. The van der Waals surface area contributed by atoms with Crippen molar-refractivity contribution in [1.29, 1.82) is 0 Å². The maximum absolute atomic E-state index is 13.5. The molecule has 1 atom stereocenters. The minimum atomic E-state index is -2.12. The molecule has 6 nitrogen and oxygen atoms in total. The number of halogens is 4. The Morgan fingerprint density at radius 3 is 2.28 bits per heavy atom. The van der Waals surface area contributed by atoms with Crippen LogP contribution >= 0.6 is 0 Å². The summed E-state index contributed by atoms with van der Waals surface area (Å²) in [7, 11) is 0. The third kappa shape index (κ3) is 3.91. The van der Waals surface area contributed by atoms with Crippen LogP contribution in [0.15, 0.2) is 30.3 Å². The van der Waals surface area contributed by atoms with Crippen LogP contribution in [0.25, 0.3) is 0 Å². The van der Waals surface area contributed by atoms with Gasteiger partial charge in [0.1, 0.15) is 0 Å². The van der Waals surface area contributed by atoms with Crippen molar-refractivity contribution >= 4 is 11.6 Å². The van der Waals surface area contributed by atoms with E-state index in [0.717, 1.165) is 12.1 Å². The van der Waals surface area contributed by atoms with Gasteiger partial charge in [-0.2, -0.15) is 0 Å². The van der Waals surface area contributed by atoms with E-state index in [1.807, 2.05) is 5.32 Å². The number of non-ortho nitro benzene ring substituents is 1. The number of aliphatic hydroxyl groups is 1. The number of amides is 1. The maximum atomic E-state index is 13.5. The zero-order chi connectivity index (χ0) is 18.7. The number of carbonyl (C=O) groups is 1. The van der Waals surface area contributed by atoms with E-state index >= 15 is 0 Å². The summed E-state index contributed by atoms with van der Waals surface area (Å²) in [5.74, 6) is -9.03. The summed E-state index contributed by atoms with van der Waals surface area (Å²) < 4.78 is 52.5. The van der Waals surface area contributed by atoms with Crippen LogP contribution in [0.5, 0.6) is 0 Å². The second-order valence-corrected chi connectivity index (χ2v) is 4.92. The van der Waals surface area contributed by atoms with Gasteiger partial charge in [-0.3, -0.25) is 14.9 Å². The molecule has 0 spiro atoms. The average Bonchev–Trinajstić information content (AvgIpc) is 2.60. The van der Waals surface area contributed by atoms with Crippen LogP contribution in [0, 0.1) is 33.4 Å². The number of rotatable bonds is 5. The molecule has 10 heteroatoms. The molecule has 0 aromatic heterocycles. The van der Waals surface area contributed by atoms with E-state index in [0.29, 0.717) is 0 Å². The minimum Gasteiger partial charge on any atom is -0.387 e. The lowest BCUT2D eigenvalue weighted by Gasteiger charge is -2.13. The summed E-state index contributed by atoms with van der Waals surface area (Å²) in [6.07, 6.45) is -1.32. The van der Waals surface area contributed by atoms with Gasteiger partial charge in [-0.05, 0) is 23.8 Å². The molecule has 0 aliphatic heterocycles. The normalized spacial score (nSPS) is 11.9. The molecule has 25 heavy (non-hydrogen) atoms. The standard InChI is InChI=1S/C15H10F4N2O4/c16-10-5-9(12(17)14(19)13(10)18)15(23)20-6-11(22)7-1-3-8(4-2-7)21(24)25/h1-5,11,22H,6H2,(H,20,23)/t11-/m0/s1. The molecule has 1 amide bonds. The molecule has 0 fully saturated rings. The predicted octanol–water partition coefficient (Wildman–Crippen LogP) is 2.61. The third-order valence-electron chi connectivity index (χ3n) is 3.29. The van der Waals surface area contributed by atoms with E-state index in [1.54, 1.807) is 0 Å². The number of aliphatic hydroxyl groups excluding tert-OH is 1. The number of nitro benzene ring substituents is 1. The van der Waals surface area contributed by atoms with Gasteiger partial charge in [0.05, 0.1) is 16.6 Å². The quantitative estimate of drug-likeness (QED) is 0.283. The molecule has 0 unspecified atom stereocenters. The lowest BCUT2D eigenvalue weighted by Crippen LogP contribution is -2.29. The molecule has 0 saturated heterocycles. The fourth-order valence-electron chi connectivity index (χ4n) is 1.96. The van der Waals surface area contributed by atoms with E-state index in [2.05, 4.69) is 0 Å². The zero-order valence-corrected chi connectivity index (χ0v) is 12.3. The molecular formula is C15H10F4N2O4. The van der Waals surface area contributed by atoms with E-state index in [4.69, 9.17) is 0 Å². The van der Waals surface area contributed by atoms with E-state index in [-0.39, 0.29) is 17.3 Å². The Morgan fingerprint density at radius 2 is 1.72 bits per heavy atom. The summed E-state index contributed by atoms with van der Waals surface area (Å²) in [6, 6.07) is 4.94. The zero-order valence-electron chi connectivity index (χ0n) is 12.3. The Morgan fingerprint density at radius 1 is 1.12 bits per heavy atom. The highest BCUT2D eigenvalue weighted by Crippen LogP contribution is 2.20. The molecule has 2 aromatic carbocycles. The van der Waals surface area contributed by atoms with Gasteiger partial charge in [0, 0.05) is 18.7 Å². The first-order chi connectivity index (χ1) is 11.7. The number of hydrogen-bond acceptors (Lipinski definition) is 4. The number of benzene rings is 2. The molecule has 2 aromatic rings. The molecule has 0 saturated carbocycles. The van der Waals surface area contributed by atoms with E-state index < -0.39 is 52.3 Å². The summed E-state index contributed by atoms with van der Waals surface area (Å²) in [5.41, 5.74) is -1.06. The number of nitro groups is 1. The van der Waals surface area contributed by atoms with Gasteiger partial charge in [-0.15, -0.1) is 0 Å². The fourth-order valence-corrected chi connectivity index (χ4v) is 1.96. The highest BCUT2D eigenvalue weighted by atomic mass is 19.2. The second kappa shape index (κ2) is 7.26. The van der Waals surface area contributed by atoms with Crippen molar-refractivity contribution in [2.45, 2.75) is 6.10 Å². The van der Waals surface area contributed by atoms with Crippen LogP contribution in [0.2, 0.25) is 0 Å². The number of nitrogens with zero attached hydrogens (tertiary/aromatic N) is 1. The molecule has 2 N–H and O–H groups in total. The molecule has 0 radical (unpaired) electrons. The van der Waals surface area contributed by atoms with Crippen LogP contribution in [-0.4, -0.2) is 22.5 Å². The van der Waals surface area contributed by atoms with E-state index in [1.165, 1.54) is 12.1 Å². The van der Waals surface area contributed by atoms with Crippen molar-refractivity contribution in [3.63, 3.8) is 0 Å². The monoisotopic (exact) mass is 358 g/mol. The van der Waals surface area contributed by atoms with Crippen molar-refractivity contribution in [2.24, 2.45) is 0 Å². The minimum absolute atomic E-state index is 0.196. The third-order valence-corrected chi connectivity index (χ3v) is 3.29. The van der Waals surface area contributed by atoms with Crippen LogP contribution in [0.3, 0.4) is 0 Å². The first kappa shape index (κ1) is 18.3. The highest BCUT2D eigenvalue weighted by molar-refractivity contribution is 5.94. The van der Waals surface area contributed by atoms with Crippen molar-refractivity contribution in [2.75, 3.05) is 6.54 Å². The van der Waals surface area contributed by atoms with Gasteiger partial charge >= 0.3 is 0 Å². The van der Waals surface area contributed by atoms with Crippen molar-refractivity contribution < 1.29 is 32.4 Å². The Balaban J connectivity index is 2.08. The number of hydrogen-bond donors (Lipinski definition) is 2. The molecule has 0 heterocycles. The van der Waals surface area contributed by atoms with Crippen LogP contribution in [0.1, 0.15) is 22.0 Å². The Bertz CT molecular complexity index is 827. The van der Waals surface area contributed by atoms with Gasteiger partial charge in [0.15, 0.2) is 23.3 Å². The lowest BCUT2D eigenvalue weighted by atomic mass is 10.1. The number of carbonyl (C=O) groups excluding carboxylic acids is 1. The molecule has 132 valence electrons. The molecule has 0 aliphatic carbocycles. The van der Waals surface area contributed by atoms with Gasteiger partial charge in [0.25, 0.3) is 11.6 Å². The maximum Gasteiger partial charge on any atom is 0.269 e. The van der Waals surface area contributed by atoms with E-state index in [9.17, 15) is 37.6 Å². The average molecular weight is 358 g/mol. The van der Waals surface area contributed by atoms with Crippen molar-refractivity contribution in [3.05, 3.63) is 74.8 Å². The SMILES string of the molecule is O=C(NC[C@H](O)c1ccc([N+](=O)[O-])cc1)c1cc(F)c(F)c(F)c1F. The number of nitrogens with one attached hydrogen (secondary N) is 1. The summed E-state index contributed by atoms with van der Waals surface area (Å²) in [5, 5.41) is 22.4. The Labute approximate surface area is 137 Å². The molecule has 0 bridgehead atoms. The summed E-state index contributed by atoms with van der Waals surface area (Å²) in [6.45, 7) is -0.475. The fraction of sp³-hybridized carbons (Fsp3) is 0.133. The van der Waals surface area contributed by atoms with Gasteiger partial charge < -0.3 is 10.4 Å². The van der Waals surface area contributed by atoms with Crippen LogP contribution in [0.4, 0.5) is 23.2 Å². The summed E-state index contributed by atoms with van der Waals surface area (Å²) in [4.78, 5) is 21.6. The molecule has 2 rings (SSSR count). The second-order valence-electron chi connectivity index (χ2n) is 4.92. The lowest BCUT2D eigenvalue weighted by molar-refractivity contribution is -0.384. The predicted molar refractivity (Wildman–Crippen MR) is 76.7 cm³/mol. The Kier molecular flexibility index (Phi) is 5.32. The molecular weight excluding hydrogens is 348 g/mol. The Hall–Kier alpha value is -3.01. The smallest absolute Gasteiger partial charge is 0.269 e. The van der Waals surface area contributed by atoms with Crippen LogP contribution < -0.4 is 5.32 Å². The largest absolute Gasteiger partial charge is 0.387 e. The highest BCUT2D eigenvalue weighted by Gasteiger charge is 2.23. The first-order valence-corrected chi connectivity index (χ1v) is 6.76. The van der Waals surface area contributed by atoms with Gasteiger partial charge in [-0.25, -0.2) is 17.6 Å². The van der Waals surface area contributed by atoms with Crippen LogP contribution in [-0.2, 0) is 0 Å². The van der Waals surface area contributed by atoms with Gasteiger partial charge in [-0.1, -0.05) is 0 Å². The molecule has 0 aliphatic rings.